The molecule has 1 aromatic rings. The normalized spacial score (nSPS) is 23.5. The maximum Gasteiger partial charge on any atom is 0.498 e. The third-order valence-electron chi connectivity index (χ3n) is 2.95. The van der Waals surface area contributed by atoms with E-state index in [-0.39, 0.29) is 18.8 Å². The molecule has 92 valence electrons. The average Bonchev–Trinajstić information content (AvgIpc) is 2.26. The van der Waals surface area contributed by atoms with Gasteiger partial charge in [0.25, 0.3) is 0 Å². The van der Waals surface area contributed by atoms with Gasteiger partial charge in [-0.1, -0.05) is 18.2 Å². The Kier molecular flexibility index (Phi) is 3.45. The molecule has 0 radical (unpaired) electrons. The Labute approximate surface area is 103 Å². The van der Waals surface area contributed by atoms with E-state index in [1.807, 2.05) is 24.3 Å². The molecule has 0 N–H and O–H groups in total. The monoisotopic (exact) mass is 234 g/mol. The highest BCUT2D eigenvalue weighted by Gasteiger charge is 2.39. The summed E-state index contributed by atoms with van der Waals surface area (Å²) in [6.07, 6.45) is 1.09. The molecule has 2 rings (SSSR count). The lowest BCUT2D eigenvalue weighted by Crippen LogP contribution is -2.52. The van der Waals surface area contributed by atoms with Crippen molar-refractivity contribution in [3.8, 4) is 5.75 Å². The van der Waals surface area contributed by atoms with Crippen LogP contribution in [0, 0.1) is 0 Å². The first-order chi connectivity index (χ1) is 8.02. The summed E-state index contributed by atoms with van der Waals surface area (Å²) < 4.78 is 17.2. The van der Waals surface area contributed by atoms with E-state index in [4.69, 9.17) is 14.0 Å². The van der Waals surface area contributed by atoms with Gasteiger partial charge in [-0.15, -0.1) is 0 Å². The van der Waals surface area contributed by atoms with Gasteiger partial charge in [0.15, 0.2) is 0 Å². The number of methoxy groups -OCH3 is 1. The Morgan fingerprint density at radius 3 is 2.71 bits per heavy atom. The molecule has 3 nitrogen and oxygen atoms in total. The van der Waals surface area contributed by atoms with Crippen LogP contribution in [0.5, 0.6) is 5.75 Å². The van der Waals surface area contributed by atoms with E-state index in [1.54, 1.807) is 7.11 Å². The fraction of sp³-hybridized carbons (Fsp3) is 0.538. The van der Waals surface area contributed by atoms with Crippen LogP contribution >= 0.6 is 0 Å². The Balaban J connectivity index is 2.27. The first kappa shape index (κ1) is 12.5. The van der Waals surface area contributed by atoms with Crippen molar-refractivity contribution in [2.75, 3.05) is 7.11 Å². The lowest BCUT2D eigenvalue weighted by Gasteiger charge is -2.38. The minimum absolute atomic E-state index is 0.164. The fourth-order valence-corrected chi connectivity index (χ4v) is 2.31. The molecule has 1 aromatic carbocycles. The molecule has 0 amide bonds. The Hall–Kier alpha value is -0.995. The van der Waals surface area contributed by atoms with Crippen LogP contribution in [-0.2, 0) is 9.31 Å². The zero-order chi connectivity index (χ0) is 12.5. The van der Waals surface area contributed by atoms with Gasteiger partial charge >= 0.3 is 7.12 Å². The maximum atomic E-state index is 5.97. The zero-order valence-electron chi connectivity index (χ0n) is 10.9. The van der Waals surface area contributed by atoms with Crippen molar-refractivity contribution < 1.29 is 14.0 Å². The number of ether oxygens (including phenoxy) is 1. The molecule has 0 saturated carbocycles. The van der Waals surface area contributed by atoms with Crippen LogP contribution in [0.2, 0.25) is 0 Å². The average molecular weight is 234 g/mol. The molecular formula is C13H19BO3. The van der Waals surface area contributed by atoms with Gasteiger partial charge in [0.2, 0.25) is 0 Å². The number of para-hydroxylation sites is 1. The number of benzene rings is 1. The minimum atomic E-state index is -0.343. The van der Waals surface area contributed by atoms with E-state index in [9.17, 15) is 0 Å². The molecule has 1 saturated heterocycles. The van der Waals surface area contributed by atoms with Crippen molar-refractivity contribution in [3.63, 3.8) is 0 Å². The topological polar surface area (TPSA) is 27.7 Å². The summed E-state index contributed by atoms with van der Waals surface area (Å²) >= 11 is 0. The SMILES string of the molecule is COc1ccccc1B1OC(C)CC(C)(C)O1. The molecule has 17 heavy (non-hydrogen) atoms. The second-order valence-electron chi connectivity index (χ2n) is 5.10. The molecule has 0 aliphatic carbocycles. The van der Waals surface area contributed by atoms with Crippen LogP contribution in [0.4, 0.5) is 0 Å². The van der Waals surface area contributed by atoms with Crippen molar-refractivity contribution in [1.82, 2.24) is 0 Å². The lowest BCUT2D eigenvalue weighted by atomic mass is 9.74. The standard InChI is InChI=1S/C13H19BO3/c1-10-9-13(2,3)17-14(16-10)11-7-5-6-8-12(11)15-4/h5-8,10H,9H2,1-4H3. The molecule has 1 unspecified atom stereocenters. The molecule has 1 fully saturated rings. The van der Waals surface area contributed by atoms with Crippen LogP contribution < -0.4 is 10.2 Å². The zero-order valence-corrected chi connectivity index (χ0v) is 10.9. The maximum absolute atomic E-state index is 5.97. The highest BCUT2D eigenvalue weighted by Crippen LogP contribution is 2.26. The van der Waals surface area contributed by atoms with Gasteiger partial charge in [-0.2, -0.15) is 0 Å². The first-order valence-corrected chi connectivity index (χ1v) is 5.98. The van der Waals surface area contributed by atoms with Crippen LogP contribution in [0.25, 0.3) is 0 Å². The number of hydrogen-bond acceptors (Lipinski definition) is 3. The third-order valence-corrected chi connectivity index (χ3v) is 2.95. The smallest absolute Gasteiger partial charge is 0.497 e. The van der Waals surface area contributed by atoms with Gasteiger partial charge in [-0.3, -0.25) is 0 Å². The highest BCUT2D eigenvalue weighted by atomic mass is 16.6. The summed E-state index contributed by atoms with van der Waals surface area (Å²) in [5, 5.41) is 0. The molecule has 0 aromatic heterocycles. The Bertz CT molecular complexity index is 392. The second-order valence-corrected chi connectivity index (χ2v) is 5.10. The predicted molar refractivity (Wildman–Crippen MR) is 68.7 cm³/mol. The summed E-state index contributed by atoms with van der Waals surface area (Å²) in [6.45, 7) is 6.26. The largest absolute Gasteiger partial charge is 0.498 e. The summed E-state index contributed by atoms with van der Waals surface area (Å²) in [6, 6.07) is 7.82. The fourth-order valence-electron chi connectivity index (χ4n) is 2.31. The Morgan fingerprint density at radius 1 is 1.35 bits per heavy atom. The number of rotatable bonds is 2. The van der Waals surface area contributed by atoms with Crippen molar-refractivity contribution in [2.24, 2.45) is 0 Å². The molecule has 4 heteroatoms. The van der Waals surface area contributed by atoms with Crippen LogP contribution in [-0.4, -0.2) is 25.9 Å². The summed E-state index contributed by atoms with van der Waals surface area (Å²) in [4.78, 5) is 0. The van der Waals surface area contributed by atoms with Crippen LogP contribution in [0.15, 0.2) is 24.3 Å². The van der Waals surface area contributed by atoms with Crippen molar-refractivity contribution in [2.45, 2.75) is 38.9 Å². The molecule has 0 spiro atoms. The van der Waals surface area contributed by atoms with Crippen molar-refractivity contribution >= 4 is 12.6 Å². The second kappa shape index (κ2) is 4.71. The van der Waals surface area contributed by atoms with E-state index < -0.39 is 0 Å². The van der Waals surface area contributed by atoms with E-state index in [0.29, 0.717) is 0 Å². The van der Waals surface area contributed by atoms with Gasteiger partial charge < -0.3 is 14.0 Å². The lowest BCUT2D eigenvalue weighted by molar-refractivity contribution is -0.0231. The molecule has 1 heterocycles. The van der Waals surface area contributed by atoms with Gasteiger partial charge in [-0.05, 0) is 33.3 Å². The number of hydrogen-bond donors (Lipinski definition) is 0. The summed E-state index contributed by atoms with van der Waals surface area (Å²) in [5.74, 6) is 0.808. The van der Waals surface area contributed by atoms with E-state index >= 15 is 0 Å². The van der Waals surface area contributed by atoms with E-state index in [0.717, 1.165) is 17.6 Å². The first-order valence-electron chi connectivity index (χ1n) is 5.98. The van der Waals surface area contributed by atoms with Crippen LogP contribution in [0.3, 0.4) is 0 Å². The van der Waals surface area contributed by atoms with Gasteiger partial charge in [-0.25, -0.2) is 0 Å². The third kappa shape index (κ3) is 2.82. The van der Waals surface area contributed by atoms with E-state index in [2.05, 4.69) is 20.8 Å². The molecule has 1 atom stereocenters. The van der Waals surface area contributed by atoms with Crippen LogP contribution in [0.1, 0.15) is 27.2 Å². The van der Waals surface area contributed by atoms with Gasteiger partial charge in [0.05, 0.1) is 12.7 Å². The van der Waals surface area contributed by atoms with Gasteiger partial charge in [0.1, 0.15) is 5.75 Å². The molecular weight excluding hydrogens is 215 g/mol. The summed E-state index contributed by atoms with van der Waals surface area (Å²) in [5.41, 5.74) is 0.790. The predicted octanol–water partition coefficient (Wildman–Crippen LogP) is 1.99. The molecule has 1 aliphatic heterocycles. The summed E-state index contributed by atoms with van der Waals surface area (Å²) in [7, 11) is 1.32. The molecule has 1 aliphatic rings. The quantitative estimate of drug-likeness (QED) is 0.732. The highest BCUT2D eigenvalue weighted by molar-refractivity contribution is 6.62. The van der Waals surface area contributed by atoms with Gasteiger partial charge in [0, 0.05) is 11.6 Å². The van der Waals surface area contributed by atoms with Crippen molar-refractivity contribution in [3.05, 3.63) is 24.3 Å². The molecule has 0 bridgehead atoms. The van der Waals surface area contributed by atoms with Crippen molar-refractivity contribution in [1.29, 1.82) is 0 Å². The van der Waals surface area contributed by atoms with E-state index in [1.165, 1.54) is 0 Å². The Morgan fingerprint density at radius 2 is 2.06 bits per heavy atom. The minimum Gasteiger partial charge on any atom is -0.497 e.